The Hall–Kier alpha value is -0.650. The molecule has 0 aromatic rings. The molecule has 2 aliphatic carbocycles. The van der Waals surface area contributed by atoms with Crippen molar-refractivity contribution in [1.82, 2.24) is 10.2 Å². The van der Waals surface area contributed by atoms with Crippen LogP contribution in [0.4, 0.5) is 0 Å². The van der Waals surface area contributed by atoms with Gasteiger partial charge in [-0.2, -0.15) is 0 Å². The summed E-state index contributed by atoms with van der Waals surface area (Å²) in [5.74, 6) is 0.644. The standard InChI is InChI=1S/C19H34N2O3/c1-3-24-17-11-16(19(17)8-5-4-6-9-19)21(2)13-18(22)20-12-15-7-10-23-14-15/h15-17H,3-14H2,1-2H3,(H,20,22). The Labute approximate surface area is 146 Å². The lowest BCUT2D eigenvalue weighted by Crippen LogP contribution is -2.65. The van der Waals surface area contributed by atoms with Crippen LogP contribution < -0.4 is 5.32 Å². The summed E-state index contributed by atoms with van der Waals surface area (Å²) in [6.45, 7) is 5.77. The zero-order valence-corrected chi connectivity index (χ0v) is 15.4. The van der Waals surface area contributed by atoms with Crippen molar-refractivity contribution in [2.24, 2.45) is 11.3 Å². The summed E-state index contributed by atoms with van der Waals surface area (Å²) in [4.78, 5) is 14.6. The molecule has 0 aromatic carbocycles. The van der Waals surface area contributed by atoms with Crippen LogP contribution >= 0.6 is 0 Å². The lowest BCUT2D eigenvalue weighted by atomic mass is 9.54. The maximum absolute atomic E-state index is 12.3. The number of nitrogens with one attached hydrogen (secondary N) is 1. The predicted octanol–water partition coefficient (Wildman–Crippen LogP) is 2.20. The van der Waals surface area contributed by atoms with E-state index in [4.69, 9.17) is 9.47 Å². The van der Waals surface area contributed by atoms with E-state index < -0.39 is 0 Å². The molecule has 3 aliphatic rings. The first-order chi connectivity index (χ1) is 11.7. The molecule has 0 bridgehead atoms. The fourth-order valence-corrected chi connectivity index (χ4v) is 5.04. The maximum atomic E-state index is 12.3. The first-order valence-corrected chi connectivity index (χ1v) is 9.82. The fraction of sp³-hybridized carbons (Fsp3) is 0.947. The van der Waals surface area contributed by atoms with Crippen LogP contribution in [-0.4, -0.2) is 62.9 Å². The minimum Gasteiger partial charge on any atom is -0.381 e. The SMILES string of the molecule is CCOC1CC(N(C)CC(=O)NCC2CCOC2)C12CCCCC2. The highest BCUT2D eigenvalue weighted by Crippen LogP contribution is 2.55. The largest absolute Gasteiger partial charge is 0.381 e. The van der Waals surface area contributed by atoms with Gasteiger partial charge in [0, 0.05) is 37.1 Å². The smallest absolute Gasteiger partial charge is 0.234 e. The van der Waals surface area contributed by atoms with Gasteiger partial charge in [-0.15, -0.1) is 0 Å². The van der Waals surface area contributed by atoms with Crippen molar-refractivity contribution >= 4 is 5.91 Å². The third-order valence-corrected chi connectivity index (χ3v) is 6.43. The molecule has 5 heteroatoms. The van der Waals surface area contributed by atoms with E-state index in [2.05, 4.69) is 24.2 Å². The quantitative estimate of drug-likeness (QED) is 0.773. The molecule has 3 fully saturated rings. The molecular weight excluding hydrogens is 304 g/mol. The molecule has 1 amide bonds. The Morgan fingerprint density at radius 1 is 1.33 bits per heavy atom. The lowest BCUT2D eigenvalue weighted by Gasteiger charge is -2.60. The molecule has 138 valence electrons. The number of amides is 1. The Kier molecular flexibility index (Phi) is 6.17. The van der Waals surface area contributed by atoms with E-state index in [-0.39, 0.29) is 5.91 Å². The normalized spacial score (nSPS) is 32.0. The molecule has 1 heterocycles. The second kappa shape index (κ2) is 8.15. The molecule has 3 atom stereocenters. The van der Waals surface area contributed by atoms with Gasteiger partial charge in [0.15, 0.2) is 0 Å². The van der Waals surface area contributed by atoms with Gasteiger partial charge in [-0.25, -0.2) is 0 Å². The minimum absolute atomic E-state index is 0.148. The average molecular weight is 338 g/mol. The zero-order chi connectivity index (χ0) is 17.0. The molecule has 1 saturated heterocycles. The van der Waals surface area contributed by atoms with Gasteiger partial charge < -0.3 is 14.8 Å². The number of carbonyl (C=O) groups is 1. The highest BCUT2D eigenvalue weighted by molar-refractivity contribution is 5.78. The van der Waals surface area contributed by atoms with E-state index >= 15 is 0 Å². The molecule has 2 saturated carbocycles. The number of hydrogen-bond acceptors (Lipinski definition) is 4. The topological polar surface area (TPSA) is 50.8 Å². The lowest BCUT2D eigenvalue weighted by molar-refractivity contribution is -0.179. The Bertz CT molecular complexity index is 417. The average Bonchev–Trinajstić information content (AvgIpc) is 3.10. The number of hydrogen-bond donors (Lipinski definition) is 1. The number of ether oxygens (including phenoxy) is 2. The third kappa shape index (κ3) is 3.78. The molecule has 1 aliphatic heterocycles. The minimum atomic E-state index is 0.148. The van der Waals surface area contributed by atoms with Crippen LogP contribution in [0.2, 0.25) is 0 Å². The van der Waals surface area contributed by atoms with E-state index in [0.717, 1.165) is 39.2 Å². The zero-order valence-electron chi connectivity index (χ0n) is 15.4. The predicted molar refractivity (Wildman–Crippen MR) is 93.9 cm³/mol. The van der Waals surface area contributed by atoms with Crippen molar-refractivity contribution in [2.45, 2.75) is 64.0 Å². The summed E-state index contributed by atoms with van der Waals surface area (Å²) in [6.07, 6.45) is 9.02. The van der Waals surface area contributed by atoms with Crippen LogP contribution in [0.5, 0.6) is 0 Å². The molecule has 1 N–H and O–H groups in total. The molecule has 1 spiro atoms. The Balaban J connectivity index is 1.49. The molecule has 3 rings (SSSR count). The number of likely N-dealkylation sites (N-methyl/N-ethyl adjacent to an activating group) is 1. The fourth-order valence-electron chi connectivity index (χ4n) is 5.04. The van der Waals surface area contributed by atoms with Crippen LogP contribution in [0.15, 0.2) is 0 Å². The van der Waals surface area contributed by atoms with Gasteiger partial charge in [-0.3, -0.25) is 9.69 Å². The van der Waals surface area contributed by atoms with Gasteiger partial charge in [-0.1, -0.05) is 19.3 Å². The van der Waals surface area contributed by atoms with Gasteiger partial charge in [0.05, 0.1) is 19.3 Å². The monoisotopic (exact) mass is 338 g/mol. The van der Waals surface area contributed by atoms with Crippen molar-refractivity contribution in [3.05, 3.63) is 0 Å². The highest BCUT2D eigenvalue weighted by Gasteiger charge is 2.56. The van der Waals surface area contributed by atoms with Gasteiger partial charge in [-0.05, 0) is 39.7 Å². The van der Waals surface area contributed by atoms with Crippen LogP contribution in [-0.2, 0) is 14.3 Å². The molecule has 3 unspecified atom stereocenters. The summed E-state index contributed by atoms with van der Waals surface area (Å²) < 4.78 is 11.4. The van der Waals surface area contributed by atoms with Gasteiger partial charge in [0.2, 0.25) is 5.91 Å². The Morgan fingerprint density at radius 3 is 2.79 bits per heavy atom. The summed E-state index contributed by atoms with van der Waals surface area (Å²) in [5, 5.41) is 3.09. The van der Waals surface area contributed by atoms with Crippen molar-refractivity contribution in [2.75, 3.05) is 40.0 Å². The van der Waals surface area contributed by atoms with E-state index in [1.807, 2.05) is 0 Å². The second-order valence-corrected chi connectivity index (χ2v) is 7.94. The maximum Gasteiger partial charge on any atom is 0.234 e. The van der Waals surface area contributed by atoms with Gasteiger partial charge in [0.1, 0.15) is 0 Å². The van der Waals surface area contributed by atoms with Crippen molar-refractivity contribution in [1.29, 1.82) is 0 Å². The van der Waals surface area contributed by atoms with E-state index in [9.17, 15) is 4.79 Å². The molecule has 5 nitrogen and oxygen atoms in total. The summed E-state index contributed by atoms with van der Waals surface area (Å²) in [5.41, 5.74) is 0.294. The molecular formula is C19H34N2O3. The summed E-state index contributed by atoms with van der Waals surface area (Å²) >= 11 is 0. The third-order valence-electron chi connectivity index (χ3n) is 6.43. The first kappa shape index (κ1) is 18.2. The van der Waals surface area contributed by atoms with Crippen LogP contribution in [0.3, 0.4) is 0 Å². The van der Waals surface area contributed by atoms with Gasteiger partial charge >= 0.3 is 0 Å². The van der Waals surface area contributed by atoms with Crippen LogP contribution in [0, 0.1) is 11.3 Å². The second-order valence-electron chi connectivity index (χ2n) is 7.94. The van der Waals surface area contributed by atoms with Crippen molar-refractivity contribution < 1.29 is 14.3 Å². The molecule has 0 aromatic heterocycles. The molecule has 24 heavy (non-hydrogen) atoms. The van der Waals surface area contributed by atoms with E-state index in [0.29, 0.717) is 30.0 Å². The summed E-state index contributed by atoms with van der Waals surface area (Å²) in [6, 6.07) is 0.495. The van der Waals surface area contributed by atoms with Crippen LogP contribution in [0.1, 0.15) is 51.9 Å². The van der Waals surface area contributed by atoms with Crippen molar-refractivity contribution in [3.8, 4) is 0 Å². The summed E-state index contributed by atoms with van der Waals surface area (Å²) in [7, 11) is 2.11. The first-order valence-electron chi connectivity index (χ1n) is 9.82. The van der Waals surface area contributed by atoms with Crippen LogP contribution in [0.25, 0.3) is 0 Å². The van der Waals surface area contributed by atoms with Gasteiger partial charge in [0.25, 0.3) is 0 Å². The number of carbonyl (C=O) groups excluding carboxylic acids is 1. The van der Waals surface area contributed by atoms with E-state index in [1.54, 1.807) is 0 Å². The molecule has 0 radical (unpaired) electrons. The van der Waals surface area contributed by atoms with Crippen molar-refractivity contribution in [3.63, 3.8) is 0 Å². The Morgan fingerprint density at radius 2 is 2.12 bits per heavy atom. The van der Waals surface area contributed by atoms with E-state index in [1.165, 1.54) is 32.1 Å². The number of rotatable bonds is 7. The number of nitrogens with zero attached hydrogens (tertiary/aromatic N) is 1. The highest BCUT2D eigenvalue weighted by atomic mass is 16.5.